The second-order valence-electron chi connectivity index (χ2n) is 2.27. The van der Waals surface area contributed by atoms with E-state index in [9.17, 15) is 0 Å². The van der Waals surface area contributed by atoms with Crippen molar-refractivity contribution >= 4 is 0 Å². The highest BCUT2D eigenvalue weighted by Gasteiger charge is 1.60. The maximum atomic E-state index is 2.18. The molecule has 0 aromatic rings. The Morgan fingerprint density at radius 2 is 1.09 bits per heavy atom. The summed E-state index contributed by atoms with van der Waals surface area (Å²) >= 11 is 0. The highest BCUT2D eigenvalue weighted by Crippen LogP contribution is 1.81. The first-order valence-electron chi connectivity index (χ1n) is 4.59. The summed E-state index contributed by atoms with van der Waals surface area (Å²) < 4.78 is 0. The van der Waals surface area contributed by atoms with Gasteiger partial charge < -0.3 is 0 Å². The number of hydrogen-bond donors (Lipinski definition) is 0. The predicted molar refractivity (Wildman–Crippen MR) is 54.8 cm³/mol. The molecule has 0 aliphatic rings. The largest absolute Gasteiger partial charge is 0.0917 e. The van der Waals surface area contributed by atoms with Gasteiger partial charge in [0.1, 0.15) is 0 Å². The maximum absolute atomic E-state index is 2.18. The van der Waals surface area contributed by atoms with Crippen LogP contribution in [0.3, 0.4) is 0 Å². The Morgan fingerprint density at radius 3 is 1.18 bits per heavy atom. The lowest BCUT2D eigenvalue weighted by Crippen LogP contribution is -1.51. The lowest BCUT2D eigenvalue weighted by molar-refractivity contribution is 1.16. The number of hydrogen-bond acceptors (Lipinski definition) is 0. The molecule has 0 aromatic heterocycles. The zero-order valence-corrected chi connectivity index (χ0v) is 8.43. The Morgan fingerprint density at radius 1 is 0.727 bits per heavy atom. The van der Waals surface area contributed by atoms with E-state index in [4.69, 9.17) is 0 Å². The third kappa shape index (κ3) is 26.4. The molecule has 0 rings (SSSR count). The van der Waals surface area contributed by atoms with Crippen molar-refractivity contribution in [2.75, 3.05) is 0 Å². The molecule has 0 N–H and O–H groups in total. The van der Waals surface area contributed by atoms with E-state index in [-0.39, 0.29) is 0 Å². The molecule has 0 unspecified atom stereocenters. The van der Waals surface area contributed by atoms with Gasteiger partial charge >= 0.3 is 0 Å². The Balaban J connectivity index is 0. The van der Waals surface area contributed by atoms with E-state index in [1.54, 1.807) is 0 Å². The topological polar surface area (TPSA) is 0 Å². The summed E-state index contributed by atoms with van der Waals surface area (Å²) in [6.45, 7) is 8.45. The van der Waals surface area contributed by atoms with Crippen molar-refractivity contribution in [3.05, 3.63) is 24.3 Å². The van der Waals surface area contributed by atoms with Crippen LogP contribution in [0.4, 0.5) is 0 Å². The molecule has 0 saturated carbocycles. The molecule has 11 heavy (non-hydrogen) atoms. The van der Waals surface area contributed by atoms with Crippen LogP contribution < -0.4 is 0 Å². The van der Waals surface area contributed by atoms with Crippen LogP contribution in [0.2, 0.25) is 0 Å². The van der Waals surface area contributed by atoms with E-state index < -0.39 is 0 Å². The molecule has 0 aliphatic carbocycles. The average Bonchev–Trinajstić information content (AvgIpc) is 2.04. The SMILES string of the molecule is CC=CCC.CCC=CCC. The van der Waals surface area contributed by atoms with Crippen LogP contribution in [0, 0.1) is 0 Å². The van der Waals surface area contributed by atoms with Gasteiger partial charge in [-0.3, -0.25) is 0 Å². The Bertz CT molecular complexity index is 82.2. The van der Waals surface area contributed by atoms with Gasteiger partial charge in [-0.05, 0) is 26.2 Å². The quantitative estimate of drug-likeness (QED) is 0.531. The highest BCUT2D eigenvalue weighted by molar-refractivity contribution is 4.77. The van der Waals surface area contributed by atoms with Crippen molar-refractivity contribution in [3.63, 3.8) is 0 Å². The molecule has 0 bridgehead atoms. The van der Waals surface area contributed by atoms with Crippen molar-refractivity contribution in [1.82, 2.24) is 0 Å². The molecule has 0 amide bonds. The minimum absolute atomic E-state index is 1.16. The molecular formula is C11H22. The Labute approximate surface area is 72.0 Å². The monoisotopic (exact) mass is 154 g/mol. The zero-order valence-electron chi connectivity index (χ0n) is 8.43. The summed E-state index contributed by atoms with van der Waals surface area (Å²) in [4.78, 5) is 0. The minimum Gasteiger partial charge on any atom is -0.0917 e. The summed E-state index contributed by atoms with van der Waals surface area (Å²) in [6, 6.07) is 0. The summed E-state index contributed by atoms with van der Waals surface area (Å²) in [7, 11) is 0. The van der Waals surface area contributed by atoms with Crippen LogP contribution >= 0.6 is 0 Å². The zero-order chi connectivity index (χ0) is 8.95. The predicted octanol–water partition coefficient (Wildman–Crippen LogP) is 4.34. The lowest BCUT2D eigenvalue weighted by Gasteiger charge is -1.72. The van der Waals surface area contributed by atoms with E-state index in [1.165, 1.54) is 12.8 Å². The molecule has 0 heteroatoms. The minimum atomic E-state index is 1.16. The van der Waals surface area contributed by atoms with Crippen LogP contribution in [-0.4, -0.2) is 0 Å². The van der Waals surface area contributed by atoms with Crippen LogP contribution in [0.1, 0.15) is 47.0 Å². The standard InChI is InChI=1S/C6H12.C5H10/c1-3-5-6-4-2;1-3-5-4-2/h5-6H,3-4H2,1-2H3;3,5H,4H2,1-2H3. The van der Waals surface area contributed by atoms with Crippen molar-refractivity contribution in [3.8, 4) is 0 Å². The first kappa shape index (κ1) is 13.1. The molecule has 0 saturated heterocycles. The van der Waals surface area contributed by atoms with Gasteiger partial charge in [-0.25, -0.2) is 0 Å². The highest BCUT2D eigenvalue weighted by atomic mass is 13.7. The van der Waals surface area contributed by atoms with Gasteiger partial charge in [0.2, 0.25) is 0 Å². The van der Waals surface area contributed by atoms with Gasteiger partial charge in [-0.15, -0.1) is 0 Å². The normalized spacial score (nSPS) is 10.2. The lowest BCUT2D eigenvalue weighted by atomic mass is 10.4. The van der Waals surface area contributed by atoms with Crippen LogP contribution in [0.5, 0.6) is 0 Å². The summed E-state index contributed by atoms with van der Waals surface area (Å²) in [5, 5.41) is 0. The number of rotatable bonds is 3. The van der Waals surface area contributed by atoms with Crippen molar-refractivity contribution in [2.45, 2.75) is 47.0 Å². The number of allylic oxidation sites excluding steroid dienone is 4. The first-order chi connectivity index (χ1) is 5.33. The first-order valence-corrected chi connectivity index (χ1v) is 4.59. The fraction of sp³-hybridized carbons (Fsp3) is 0.636. The Hall–Kier alpha value is -0.520. The molecule has 0 aromatic carbocycles. The maximum Gasteiger partial charge on any atom is -0.0379 e. The fourth-order valence-electron chi connectivity index (χ4n) is 0.569. The Kier molecular flexibility index (Phi) is 19.3. The van der Waals surface area contributed by atoms with Crippen molar-refractivity contribution in [2.24, 2.45) is 0 Å². The molecule has 66 valence electrons. The summed E-state index contributed by atoms with van der Waals surface area (Å²) in [6.07, 6.45) is 12.1. The van der Waals surface area contributed by atoms with Crippen LogP contribution in [-0.2, 0) is 0 Å². The molecule has 0 atom stereocenters. The van der Waals surface area contributed by atoms with E-state index in [2.05, 4.69) is 45.1 Å². The second kappa shape index (κ2) is 16.2. The fourth-order valence-corrected chi connectivity index (χ4v) is 0.569. The smallest absolute Gasteiger partial charge is 0.0379 e. The van der Waals surface area contributed by atoms with E-state index >= 15 is 0 Å². The molecule has 0 radical (unpaired) electrons. The van der Waals surface area contributed by atoms with Crippen LogP contribution in [0.25, 0.3) is 0 Å². The van der Waals surface area contributed by atoms with Gasteiger partial charge in [0.15, 0.2) is 0 Å². The molecule has 0 spiro atoms. The van der Waals surface area contributed by atoms with Gasteiger partial charge in [-0.1, -0.05) is 45.1 Å². The van der Waals surface area contributed by atoms with Crippen molar-refractivity contribution < 1.29 is 0 Å². The summed E-state index contributed by atoms with van der Waals surface area (Å²) in [5.41, 5.74) is 0. The second-order valence-corrected chi connectivity index (χ2v) is 2.27. The third-order valence-corrected chi connectivity index (χ3v) is 1.11. The molecular weight excluding hydrogens is 132 g/mol. The molecule has 0 fully saturated rings. The third-order valence-electron chi connectivity index (χ3n) is 1.11. The van der Waals surface area contributed by atoms with Crippen LogP contribution in [0.15, 0.2) is 24.3 Å². The molecule has 0 heterocycles. The van der Waals surface area contributed by atoms with Gasteiger partial charge in [0.05, 0.1) is 0 Å². The molecule has 0 aliphatic heterocycles. The van der Waals surface area contributed by atoms with Gasteiger partial charge in [0, 0.05) is 0 Å². The van der Waals surface area contributed by atoms with Gasteiger partial charge in [0.25, 0.3) is 0 Å². The summed E-state index contributed by atoms with van der Waals surface area (Å²) in [5.74, 6) is 0. The van der Waals surface area contributed by atoms with E-state index in [0.717, 1.165) is 6.42 Å². The molecule has 0 nitrogen and oxygen atoms in total. The van der Waals surface area contributed by atoms with Gasteiger partial charge in [-0.2, -0.15) is 0 Å². The van der Waals surface area contributed by atoms with E-state index in [0.29, 0.717) is 0 Å². The van der Waals surface area contributed by atoms with E-state index in [1.807, 2.05) is 6.92 Å². The van der Waals surface area contributed by atoms with Crippen molar-refractivity contribution in [1.29, 1.82) is 0 Å². The average molecular weight is 154 g/mol.